The summed E-state index contributed by atoms with van der Waals surface area (Å²) in [6.07, 6.45) is 0. The molecule has 8 nitrogen and oxygen atoms in total. The van der Waals surface area contributed by atoms with Crippen LogP contribution < -0.4 is 10.2 Å². The molecule has 0 fully saturated rings. The molecule has 0 spiro atoms. The maximum atomic E-state index is 15.0. The summed E-state index contributed by atoms with van der Waals surface area (Å²) in [6, 6.07) is 15.9. The lowest BCUT2D eigenvalue weighted by Gasteiger charge is -2.33. The van der Waals surface area contributed by atoms with Crippen LogP contribution in [0, 0.1) is 12.7 Å². The molecule has 10 heteroatoms. The summed E-state index contributed by atoms with van der Waals surface area (Å²) in [5.41, 5.74) is 1.28. The Morgan fingerprint density at radius 3 is 2.44 bits per heavy atom. The molecule has 1 N–H and O–H groups in total. The number of para-hydroxylation sites is 1. The third-order valence-corrected chi connectivity index (χ3v) is 6.16. The number of thiophene rings is 1. The average Bonchev–Trinajstić information content (AvgIpc) is 3.50. The van der Waals surface area contributed by atoms with Crippen molar-refractivity contribution in [2.24, 2.45) is 0 Å². The van der Waals surface area contributed by atoms with Crippen molar-refractivity contribution in [1.82, 2.24) is 25.5 Å². The lowest BCUT2D eigenvalue weighted by atomic mass is 10.1. The van der Waals surface area contributed by atoms with Crippen LogP contribution in [0.25, 0.3) is 11.4 Å². The molecule has 0 aliphatic rings. The number of nitrogens with zero attached hydrogens (tertiary/aromatic N) is 5. The number of carbonyl (C=O) groups is 2. The van der Waals surface area contributed by atoms with Crippen LogP contribution in [0.4, 0.5) is 10.1 Å². The summed E-state index contributed by atoms with van der Waals surface area (Å²) in [6.45, 7) is 7.18. The normalized spacial score (nSPS) is 12.2. The molecule has 0 saturated carbocycles. The first kappa shape index (κ1) is 25.2. The van der Waals surface area contributed by atoms with E-state index < -0.39 is 29.2 Å². The fraction of sp³-hybridized carbons (Fsp3) is 0.269. The van der Waals surface area contributed by atoms with E-state index in [9.17, 15) is 9.59 Å². The fourth-order valence-electron chi connectivity index (χ4n) is 3.65. The first-order chi connectivity index (χ1) is 17.1. The third-order valence-electron chi connectivity index (χ3n) is 5.24. The Labute approximate surface area is 212 Å². The van der Waals surface area contributed by atoms with E-state index in [1.165, 1.54) is 34.4 Å². The van der Waals surface area contributed by atoms with Gasteiger partial charge in [0, 0.05) is 16.0 Å². The number of rotatable bonds is 7. The molecule has 0 saturated heterocycles. The van der Waals surface area contributed by atoms with Crippen LogP contribution in [0.1, 0.15) is 37.3 Å². The second-order valence-electron chi connectivity index (χ2n) is 9.38. The van der Waals surface area contributed by atoms with Gasteiger partial charge in [0.25, 0.3) is 5.91 Å². The number of aryl methyl sites for hydroxylation is 1. The summed E-state index contributed by atoms with van der Waals surface area (Å²) in [5.74, 6) is -1.24. The Kier molecular flexibility index (Phi) is 7.25. The van der Waals surface area contributed by atoms with E-state index in [1.54, 1.807) is 18.2 Å². The number of benzene rings is 2. The highest BCUT2D eigenvalue weighted by atomic mass is 32.1. The molecule has 0 bridgehead atoms. The average molecular weight is 507 g/mol. The van der Waals surface area contributed by atoms with Crippen LogP contribution in [0.2, 0.25) is 0 Å². The monoisotopic (exact) mass is 506 g/mol. The number of tetrazole rings is 1. The Morgan fingerprint density at radius 1 is 1.08 bits per heavy atom. The summed E-state index contributed by atoms with van der Waals surface area (Å²) < 4.78 is 15.0. The SMILES string of the molecule is Cc1ccc(-c2nnn(CC(=O)N(c3ccccc3F)[C@@H](C(=O)NC(C)(C)C)c3cccs3)n2)cc1. The van der Waals surface area contributed by atoms with Crippen LogP contribution in [0.15, 0.2) is 66.0 Å². The molecule has 186 valence electrons. The molecule has 36 heavy (non-hydrogen) atoms. The van der Waals surface area contributed by atoms with E-state index in [1.807, 2.05) is 57.3 Å². The third kappa shape index (κ3) is 5.83. The molecule has 1 atom stereocenters. The van der Waals surface area contributed by atoms with Gasteiger partial charge >= 0.3 is 0 Å². The van der Waals surface area contributed by atoms with Gasteiger partial charge in [0.1, 0.15) is 18.4 Å². The smallest absolute Gasteiger partial charge is 0.251 e. The number of carbonyl (C=O) groups excluding carboxylic acids is 2. The van der Waals surface area contributed by atoms with Crippen LogP contribution in [-0.4, -0.2) is 37.6 Å². The number of hydrogen-bond acceptors (Lipinski definition) is 6. The van der Waals surface area contributed by atoms with Crippen molar-refractivity contribution >= 4 is 28.8 Å². The minimum absolute atomic E-state index is 0.0103. The highest BCUT2D eigenvalue weighted by molar-refractivity contribution is 7.10. The zero-order valence-electron chi connectivity index (χ0n) is 20.5. The highest BCUT2D eigenvalue weighted by Crippen LogP contribution is 2.33. The van der Waals surface area contributed by atoms with Crippen molar-refractivity contribution in [3.63, 3.8) is 0 Å². The van der Waals surface area contributed by atoms with E-state index in [0.29, 0.717) is 10.7 Å². The van der Waals surface area contributed by atoms with Crippen molar-refractivity contribution in [3.05, 3.63) is 82.3 Å². The van der Waals surface area contributed by atoms with E-state index in [2.05, 4.69) is 20.7 Å². The number of anilines is 1. The molecule has 0 unspecified atom stereocenters. The van der Waals surface area contributed by atoms with Gasteiger partial charge in [-0.2, -0.15) is 4.80 Å². The lowest BCUT2D eigenvalue weighted by molar-refractivity contribution is -0.128. The minimum Gasteiger partial charge on any atom is -0.349 e. The maximum absolute atomic E-state index is 15.0. The van der Waals surface area contributed by atoms with Crippen LogP contribution in [-0.2, 0) is 16.1 Å². The topological polar surface area (TPSA) is 93.0 Å². The van der Waals surface area contributed by atoms with Gasteiger partial charge in [-0.25, -0.2) is 4.39 Å². The number of halogens is 1. The molecule has 0 aliphatic carbocycles. The molecule has 2 heterocycles. The van der Waals surface area contributed by atoms with Gasteiger partial charge in [-0.05, 0) is 56.5 Å². The number of amides is 2. The van der Waals surface area contributed by atoms with Gasteiger partial charge in [0.15, 0.2) is 0 Å². The number of nitrogens with one attached hydrogen (secondary N) is 1. The molecule has 2 amide bonds. The van der Waals surface area contributed by atoms with E-state index in [4.69, 9.17) is 0 Å². The predicted molar refractivity (Wildman–Crippen MR) is 137 cm³/mol. The molecule has 4 rings (SSSR count). The summed E-state index contributed by atoms with van der Waals surface area (Å²) >= 11 is 1.31. The van der Waals surface area contributed by atoms with Crippen LogP contribution >= 0.6 is 11.3 Å². The second-order valence-corrected chi connectivity index (χ2v) is 10.4. The largest absolute Gasteiger partial charge is 0.349 e. The zero-order chi connectivity index (χ0) is 25.9. The maximum Gasteiger partial charge on any atom is 0.251 e. The Morgan fingerprint density at radius 2 is 1.81 bits per heavy atom. The molecule has 2 aromatic heterocycles. The molecule has 0 radical (unpaired) electrons. The van der Waals surface area contributed by atoms with Crippen molar-refractivity contribution in [2.75, 3.05) is 4.90 Å². The first-order valence-electron chi connectivity index (χ1n) is 11.4. The quantitative estimate of drug-likeness (QED) is 0.397. The minimum atomic E-state index is -1.09. The molecule has 2 aromatic carbocycles. The Bertz CT molecular complexity index is 1350. The van der Waals surface area contributed by atoms with Crippen molar-refractivity contribution < 1.29 is 14.0 Å². The summed E-state index contributed by atoms with van der Waals surface area (Å²) in [5, 5.41) is 17.1. The first-order valence-corrected chi connectivity index (χ1v) is 12.3. The predicted octanol–water partition coefficient (Wildman–Crippen LogP) is 4.54. The number of hydrogen-bond donors (Lipinski definition) is 1. The molecular formula is C26H27FN6O2S. The van der Waals surface area contributed by atoms with Gasteiger partial charge in [-0.3, -0.25) is 14.5 Å². The zero-order valence-corrected chi connectivity index (χ0v) is 21.3. The second kappa shape index (κ2) is 10.4. The van der Waals surface area contributed by atoms with E-state index >= 15 is 4.39 Å². The molecule has 0 aliphatic heterocycles. The van der Waals surface area contributed by atoms with Crippen molar-refractivity contribution in [1.29, 1.82) is 0 Å². The lowest BCUT2D eigenvalue weighted by Crippen LogP contribution is -2.50. The Balaban J connectivity index is 1.71. The summed E-state index contributed by atoms with van der Waals surface area (Å²) in [7, 11) is 0. The van der Waals surface area contributed by atoms with Crippen LogP contribution in [0.5, 0.6) is 0 Å². The standard InChI is InChI=1S/C26H27FN6O2S/c1-17-11-13-18(14-12-17)24-29-31-32(30-24)16-22(34)33(20-9-6-5-8-19(20)27)23(21-10-7-15-36-21)25(35)28-26(2,3)4/h5-15,23H,16H2,1-4H3,(H,28,35)/t23-/m1/s1. The van der Waals surface area contributed by atoms with Gasteiger partial charge in [-0.15, -0.1) is 21.5 Å². The van der Waals surface area contributed by atoms with Gasteiger partial charge in [-0.1, -0.05) is 48.0 Å². The van der Waals surface area contributed by atoms with Gasteiger partial charge < -0.3 is 5.32 Å². The molecule has 4 aromatic rings. The van der Waals surface area contributed by atoms with Crippen LogP contribution in [0.3, 0.4) is 0 Å². The summed E-state index contributed by atoms with van der Waals surface area (Å²) in [4.78, 5) is 30.1. The van der Waals surface area contributed by atoms with E-state index in [-0.39, 0.29) is 12.2 Å². The van der Waals surface area contributed by atoms with Crippen molar-refractivity contribution in [3.8, 4) is 11.4 Å². The Hall–Kier alpha value is -3.92. The number of aromatic nitrogens is 4. The van der Waals surface area contributed by atoms with Crippen molar-refractivity contribution in [2.45, 2.75) is 45.8 Å². The fourth-order valence-corrected chi connectivity index (χ4v) is 4.46. The van der Waals surface area contributed by atoms with Gasteiger partial charge in [0.2, 0.25) is 11.7 Å². The van der Waals surface area contributed by atoms with E-state index in [0.717, 1.165) is 15.9 Å². The van der Waals surface area contributed by atoms with Gasteiger partial charge in [0.05, 0.1) is 5.69 Å². The highest BCUT2D eigenvalue weighted by Gasteiger charge is 2.36. The molecular weight excluding hydrogens is 479 g/mol.